The fraction of sp³-hybridized carbons (Fsp3) is 0.923. The van der Waals surface area contributed by atoms with Crippen molar-refractivity contribution in [1.29, 1.82) is 0 Å². The first kappa shape index (κ1) is 15.7. The van der Waals surface area contributed by atoms with Gasteiger partial charge in [0.1, 0.15) is 6.10 Å². The molecule has 4 nitrogen and oxygen atoms in total. The number of halogens is 1. The molecule has 0 bridgehead atoms. The van der Waals surface area contributed by atoms with Crippen LogP contribution in [0.2, 0.25) is 0 Å². The second-order valence-electron chi connectivity index (χ2n) is 5.16. The zero-order valence-corrected chi connectivity index (χ0v) is 12.0. The molecule has 0 aromatic rings. The van der Waals surface area contributed by atoms with Crippen molar-refractivity contribution >= 4 is 18.3 Å². The van der Waals surface area contributed by atoms with Crippen molar-refractivity contribution in [3.05, 3.63) is 0 Å². The molecule has 18 heavy (non-hydrogen) atoms. The van der Waals surface area contributed by atoms with Gasteiger partial charge >= 0.3 is 0 Å². The molecule has 1 N–H and O–H groups in total. The predicted molar refractivity (Wildman–Crippen MR) is 74.1 cm³/mol. The van der Waals surface area contributed by atoms with E-state index in [2.05, 4.69) is 5.32 Å². The van der Waals surface area contributed by atoms with Gasteiger partial charge < -0.3 is 15.0 Å². The number of ether oxygens (including phenoxy) is 1. The minimum absolute atomic E-state index is 0. The Morgan fingerprint density at radius 3 is 2.44 bits per heavy atom. The van der Waals surface area contributed by atoms with Crippen LogP contribution in [0.1, 0.15) is 38.5 Å². The first-order chi connectivity index (χ1) is 8.29. The first-order valence-corrected chi connectivity index (χ1v) is 6.88. The van der Waals surface area contributed by atoms with Gasteiger partial charge in [0.25, 0.3) is 5.91 Å². The predicted octanol–water partition coefficient (Wildman–Crippen LogP) is 1.58. The summed E-state index contributed by atoms with van der Waals surface area (Å²) in [5.41, 5.74) is 0. The molecule has 0 spiro atoms. The lowest BCUT2D eigenvalue weighted by atomic mass is 10.1. The number of rotatable bonds is 2. The van der Waals surface area contributed by atoms with Gasteiger partial charge in [0, 0.05) is 26.2 Å². The van der Waals surface area contributed by atoms with E-state index < -0.39 is 0 Å². The van der Waals surface area contributed by atoms with Crippen LogP contribution < -0.4 is 5.32 Å². The number of morpholine rings is 1. The molecule has 1 aliphatic heterocycles. The summed E-state index contributed by atoms with van der Waals surface area (Å²) < 4.78 is 5.53. The third kappa shape index (κ3) is 4.11. The molecule has 1 saturated carbocycles. The summed E-state index contributed by atoms with van der Waals surface area (Å²) in [5.74, 6) is 0.157. The molecular formula is C13H25ClN2O2. The summed E-state index contributed by atoms with van der Waals surface area (Å²) in [6.45, 7) is 2.17. The average Bonchev–Trinajstić information content (AvgIpc) is 2.67. The van der Waals surface area contributed by atoms with Gasteiger partial charge in [-0.25, -0.2) is 0 Å². The van der Waals surface area contributed by atoms with E-state index in [1.54, 1.807) is 0 Å². The van der Waals surface area contributed by atoms with Crippen molar-refractivity contribution in [2.45, 2.75) is 50.7 Å². The van der Waals surface area contributed by atoms with Gasteiger partial charge in [-0.2, -0.15) is 0 Å². The lowest BCUT2D eigenvalue weighted by Crippen LogP contribution is -2.50. The second kappa shape index (κ2) is 7.97. The lowest BCUT2D eigenvalue weighted by molar-refractivity contribution is -0.146. The van der Waals surface area contributed by atoms with Gasteiger partial charge in [-0.1, -0.05) is 25.7 Å². The van der Waals surface area contributed by atoms with Gasteiger partial charge in [0.05, 0.1) is 6.61 Å². The molecule has 1 amide bonds. The van der Waals surface area contributed by atoms with Crippen LogP contribution in [0.4, 0.5) is 0 Å². The highest BCUT2D eigenvalue weighted by atomic mass is 35.5. The van der Waals surface area contributed by atoms with E-state index in [1.165, 1.54) is 25.7 Å². The SMILES string of the molecule is CN(C(=O)C1CNCCO1)C1CCCCCC1.Cl. The zero-order chi connectivity index (χ0) is 12.1. The monoisotopic (exact) mass is 276 g/mol. The maximum Gasteiger partial charge on any atom is 0.253 e. The number of nitrogens with zero attached hydrogens (tertiary/aromatic N) is 1. The number of carbonyl (C=O) groups is 1. The van der Waals surface area contributed by atoms with Crippen LogP contribution in [0.15, 0.2) is 0 Å². The number of carbonyl (C=O) groups excluding carboxylic acids is 1. The Morgan fingerprint density at radius 2 is 1.89 bits per heavy atom. The largest absolute Gasteiger partial charge is 0.366 e. The van der Waals surface area contributed by atoms with Crippen LogP contribution in [0.3, 0.4) is 0 Å². The number of nitrogens with one attached hydrogen (secondary N) is 1. The molecule has 2 rings (SSSR count). The summed E-state index contributed by atoms with van der Waals surface area (Å²) >= 11 is 0. The molecule has 0 aromatic carbocycles. The minimum atomic E-state index is -0.267. The summed E-state index contributed by atoms with van der Waals surface area (Å²) in [7, 11) is 1.94. The van der Waals surface area contributed by atoms with Crippen molar-refractivity contribution in [1.82, 2.24) is 10.2 Å². The van der Waals surface area contributed by atoms with Gasteiger partial charge in [0.15, 0.2) is 0 Å². The first-order valence-electron chi connectivity index (χ1n) is 6.88. The van der Waals surface area contributed by atoms with E-state index in [0.717, 1.165) is 19.4 Å². The van der Waals surface area contributed by atoms with E-state index >= 15 is 0 Å². The molecule has 2 aliphatic rings. The Labute approximate surface area is 116 Å². The zero-order valence-electron chi connectivity index (χ0n) is 11.2. The average molecular weight is 277 g/mol. The highest BCUT2D eigenvalue weighted by Gasteiger charge is 2.29. The molecule has 1 aliphatic carbocycles. The van der Waals surface area contributed by atoms with Crippen molar-refractivity contribution in [3.63, 3.8) is 0 Å². The Kier molecular flexibility index (Phi) is 6.97. The van der Waals surface area contributed by atoms with E-state index in [4.69, 9.17) is 4.74 Å². The molecule has 5 heteroatoms. The molecule has 1 unspecified atom stereocenters. The smallest absolute Gasteiger partial charge is 0.253 e. The van der Waals surface area contributed by atoms with Crippen LogP contribution in [0.25, 0.3) is 0 Å². The van der Waals surface area contributed by atoms with Gasteiger partial charge in [0.2, 0.25) is 0 Å². The minimum Gasteiger partial charge on any atom is -0.366 e. The highest BCUT2D eigenvalue weighted by Crippen LogP contribution is 2.21. The van der Waals surface area contributed by atoms with Crippen LogP contribution in [0, 0.1) is 0 Å². The van der Waals surface area contributed by atoms with Crippen LogP contribution in [-0.2, 0) is 9.53 Å². The second-order valence-corrected chi connectivity index (χ2v) is 5.16. The number of hydrogen-bond donors (Lipinski definition) is 1. The van der Waals surface area contributed by atoms with Gasteiger partial charge in [-0.05, 0) is 12.8 Å². The van der Waals surface area contributed by atoms with Crippen LogP contribution in [0.5, 0.6) is 0 Å². The molecule has 0 aromatic heterocycles. The Morgan fingerprint density at radius 1 is 1.22 bits per heavy atom. The summed E-state index contributed by atoms with van der Waals surface area (Å²) in [4.78, 5) is 14.2. The van der Waals surface area contributed by atoms with Gasteiger partial charge in [-0.15, -0.1) is 12.4 Å². The molecule has 1 saturated heterocycles. The Balaban J connectivity index is 0.00000162. The van der Waals surface area contributed by atoms with Crippen molar-refractivity contribution in [2.75, 3.05) is 26.7 Å². The highest BCUT2D eigenvalue weighted by molar-refractivity contribution is 5.85. The summed E-state index contributed by atoms with van der Waals surface area (Å²) in [6, 6.07) is 0.426. The third-order valence-electron chi connectivity index (χ3n) is 3.92. The number of amides is 1. The quantitative estimate of drug-likeness (QED) is 0.779. The maximum absolute atomic E-state index is 12.3. The van der Waals surface area contributed by atoms with Crippen molar-refractivity contribution in [2.24, 2.45) is 0 Å². The topological polar surface area (TPSA) is 41.6 Å². The molecule has 106 valence electrons. The van der Waals surface area contributed by atoms with Crippen LogP contribution >= 0.6 is 12.4 Å². The lowest BCUT2D eigenvalue weighted by Gasteiger charge is -2.32. The Hall–Kier alpha value is -0.320. The fourth-order valence-electron chi connectivity index (χ4n) is 2.78. The van der Waals surface area contributed by atoms with Crippen LogP contribution in [-0.4, -0.2) is 49.7 Å². The normalized spacial score (nSPS) is 25.9. The fourth-order valence-corrected chi connectivity index (χ4v) is 2.78. The molecule has 1 heterocycles. The summed E-state index contributed by atoms with van der Waals surface area (Å²) in [5, 5.41) is 3.21. The summed E-state index contributed by atoms with van der Waals surface area (Å²) in [6.07, 6.45) is 7.19. The van der Waals surface area contributed by atoms with E-state index in [-0.39, 0.29) is 24.4 Å². The molecular weight excluding hydrogens is 252 g/mol. The molecule has 2 fully saturated rings. The van der Waals surface area contributed by atoms with Crippen molar-refractivity contribution < 1.29 is 9.53 Å². The standard InChI is InChI=1S/C13H24N2O2.ClH/c1-15(11-6-4-2-3-5-7-11)13(16)12-10-14-8-9-17-12;/h11-12,14H,2-10H2,1H3;1H. The van der Waals surface area contributed by atoms with Gasteiger partial charge in [-0.3, -0.25) is 4.79 Å². The van der Waals surface area contributed by atoms with Crippen molar-refractivity contribution in [3.8, 4) is 0 Å². The number of likely N-dealkylation sites (N-methyl/N-ethyl adjacent to an activating group) is 1. The maximum atomic E-state index is 12.3. The van der Waals surface area contributed by atoms with E-state index in [1.807, 2.05) is 11.9 Å². The molecule has 0 radical (unpaired) electrons. The Bertz CT molecular complexity index is 249. The van der Waals surface area contributed by atoms with E-state index in [0.29, 0.717) is 19.2 Å². The molecule has 1 atom stereocenters. The van der Waals surface area contributed by atoms with E-state index in [9.17, 15) is 4.79 Å². The third-order valence-corrected chi connectivity index (χ3v) is 3.92. The number of hydrogen-bond acceptors (Lipinski definition) is 3.